The maximum absolute atomic E-state index is 11.2. The van der Waals surface area contributed by atoms with Crippen LogP contribution in [0.4, 0.5) is 0 Å². The molecule has 0 unspecified atom stereocenters. The molecule has 0 atom stereocenters. The Labute approximate surface area is 104 Å². The van der Waals surface area contributed by atoms with Crippen molar-refractivity contribution in [1.29, 1.82) is 0 Å². The molecular formula is C12H13N3O3. The van der Waals surface area contributed by atoms with Gasteiger partial charge in [-0.15, -0.1) is 5.10 Å². The fourth-order valence-electron chi connectivity index (χ4n) is 1.51. The van der Waals surface area contributed by atoms with E-state index in [9.17, 15) is 9.90 Å². The van der Waals surface area contributed by atoms with Crippen LogP contribution in [0.1, 0.15) is 21.6 Å². The standard InChI is InChI=1S/C12H13N3O3/c1-8-3-5-9(6-4-8)7-15-11(16)10(13-14-15)12(17)18-2/h3-6,16H,7H2,1-2H3. The molecule has 1 aromatic carbocycles. The van der Waals surface area contributed by atoms with Gasteiger partial charge in [0.1, 0.15) is 0 Å². The molecule has 18 heavy (non-hydrogen) atoms. The Morgan fingerprint density at radius 1 is 1.39 bits per heavy atom. The Morgan fingerprint density at radius 3 is 2.67 bits per heavy atom. The van der Waals surface area contributed by atoms with Gasteiger partial charge in [-0.05, 0) is 12.5 Å². The number of nitrogens with zero attached hydrogens (tertiary/aromatic N) is 3. The first-order valence-corrected chi connectivity index (χ1v) is 5.38. The van der Waals surface area contributed by atoms with Crippen LogP contribution < -0.4 is 0 Å². The SMILES string of the molecule is COC(=O)c1nnn(Cc2ccc(C)cc2)c1O. The summed E-state index contributed by atoms with van der Waals surface area (Å²) in [7, 11) is 1.22. The molecule has 0 bridgehead atoms. The Morgan fingerprint density at radius 2 is 2.06 bits per heavy atom. The van der Waals surface area contributed by atoms with E-state index >= 15 is 0 Å². The molecule has 0 aliphatic heterocycles. The molecule has 2 aromatic rings. The van der Waals surface area contributed by atoms with Gasteiger partial charge in [0, 0.05) is 0 Å². The van der Waals surface area contributed by atoms with Crippen molar-refractivity contribution < 1.29 is 14.6 Å². The van der Waals surface area contributed by atoms with Crippen molar-refractivity contribution >= 4 is 5.97 Å². The Bertz CT molecular complexity index is 560. The molecule has 6 nitrogen and oxygen atoms in total. The minimum absolute atomic E-state index is 0.176. The van der Waals surface area contributed by atoms with Gasteiger partial charge in [0.15, 0.2) is 0 Å². The van der Waals surface area contributed by atoms with Gasteiger partial charge in [0.05, 0.1) is 13.7 Å². The summed E-state index contributed by atoms with van der Waals surface area (Å²) in [5, 5.41) is 17.1. The minimum Gasteiger partial charge on any atom is -0.492 e. The van der Waals surface area contributed by atoms with Crippen LogP contribution in [0.3, 0.4) is 0 Å². The molecule has 6 heteroatoms. The number of aryl methyl sites for hydroxylation is 1. The number of hydrogen-bond acceptors (Lipinski definition) is 5. The first-order chi connectivity index (χ1) is 8.61. The Balaban J connectivity index is 2.22. The van der Waals surface area contributed by atoms with Crippen molar-refractivity contribution in [2.24, 2.45) is 0 Å². The lowest BCUT2D eigenvalue weighted by atomic mass is 10.1. The van der Waals surface area contributed by atoms with Crippen molar-refractivity contribution in [3.05, 3.63) is 41.1 Å². The number of methoxy groups -OCH3 is 1. The molecule has 0 radical (unpaired) electrons. The van der Waals surface area contributed by atoms with Gasteiger partial charge in [-0.2, -0.15) is 0 Å². The molecule has 0 saturated heterocycles. The summed E-state index contributed by atoms with van der Waals surface area (Å²) >= 11 is 0. The second kappa shape index (κ2) is 4.87. The van der Waals surface area contributed by atoms with Crippen LogP contribution in [0.25, 0.3) is 0 Å². The summed E-state index contributed by atoms with van der Waals surface area (Å²) in [6.07, 6.45) is 0. The van der Waals surface area contributed by atoms with Crippen LogP contribution in [0, 0.1) is 6.92 Å². The summed E-state index contributed by atoms with van der Waals surface area (Å²) in [5.41, 5.74) is 1.93. The lowest BCUT2D eigenvalue weighted by Crippen LogP contribution is -2.03. The average molecular weight is 247 g/mol. The lowest BCUT2D eigenvalue weighted by molar-refractivity contribution is 0.0590. The van der Waals surface area contributed by atoms with Gasteiger partial charge in [-0.1, -0.05) is 35.0 Å². The van der Waals surface area contributed by atoms with E-state index in [4.69, 9.17) is 0 Å². The summed E-state index contributed by atoms with van der Waals surface area (Å²) in [6.45, 7) is 2.34. The third-order valence-electron chi connectivity index (χ3n) is 2.54. The van der Waals surface area contributed by atoms with Crippen LogP contribution in [-0.2, 0) is 11.3 Å². The van der Waals surface area contributed by atoms with E-state index in [2.05, 4.69) is 15.0 Å². The summed E-state index contributed by atoms with van der Waals surface area (Å²) < 4.78 is 5.73. The summed E-state index contributed by atoms with van der Waals surface area (Å²) in [6, 6.07) is 7.78. The van der Waals surface area contributed by atoms with Crippen LogP contribution >= 0.6 is 0 Å². The molecule has 0 spiro atoms. The van der Waals surface area contributed by atoms with Crippen LogP contribution in [-0.4, -0.2) is 33.2 Å². The van der Waals surface area contributed by atoms with E-state index in [0.717, 1.165) is 11.1 Å². The zero-order valence-corrected chi connectivity index (χ0v) is 10.1. The second-order valence-electron chi connectivity index (χ2n) is 3.90. The molecule has 0 aliphatic carbocycles. The van der Waals surface area contributed by atoms with Crippen molar-refractivity contribution in [2.75, 3.05) is 7.11 Å². The van der Waals surface area contributed by atoms with Crippen molar-refractivity contribution in [1.82, 2.24) is 15.0 Å². The third kappa shape index (κ3) is 2.32. The van der Waals surface area contributed by atoms with Gasteiger partial charge >= 0.3 is 5.97 Å². The van der Waals surface area contributed by atoms with Gasteiger partial charge in [0.25, 0.3) is 0 Å². The van der Waals surface area contributed by atoms with E-state index in [1.165, 1.54) is 11.8 Å². The highest BCUT2D eigenvalue weighted by atomic mass is 16.5. The van der Waals surface area contributed by atoms with Crippen molar-refractivity contribution in [3.8, 4) is 5.88 Å². The first-order valence-electron chi connectivity index (χ1n) is 5.38. The number of rotatable bonds is 3. The van der Waals surface area contributed by atoms with E-state index in [1.54, 1.807) is 0 Å². The van der Waals surface area contributed by atoms with Crippen LogP contribution in [0.15, 0.2) is 24.3 Å². The second-order valence-corrected chi connectivity index (χ2v) is 3.90. The average Bonchev–Trinajstić information content (AvgIpc) is 2.73. The molecule has 1 N–H and O–H groups in total. The highest BCUT2D eigenvalue weighted by Crippen LogP contribution is 2.16. The van der Waals surface area contributed by atoms with Crippen molar-refractivity contribution in [3.63, 3.8) is 0 Å². The van der Waals surface area contributed by atoms with E-state index < -0.39 is 5.97 Å². The zero-order chi connectivity index (χ0) is 13.1. The predicted octanol–water partition coefficient (Wildman–Crippen LogP) is 1.13. The van der Waals surface area contributed by atoms with E-state index in [1.807, 2.05) is 31.2 Å². The van der Waals surface area contributed by atoms with Crippen LogP contribution in [0.5, 0.6) is 5.88 Å². The maximum atomic E-state index is 11.2. The highest BCUT2D eigenvalue weighted by Gasteiger charge is 2.19. The number of aromatic hydroxyl groups is 1. The predicted molar refractivity (Wildman–Crippen MR) is 63.3 cm³/mol. The monoisotopic (exact) mass is 247 g/mol. The third-order valence-corrected chi connectivity index (χ3v) is 2.54. The van der Waals surface area contributed by atoms with Gasteiger partial charge in [0.2, 0.25) is 11.6 Å². The molecule has 0 aliphatic rings. The molecule has 1 aromatic heterocycles. The summed E-state index contributed by atoms with van der Waals surface area (Å²) in [4.78, 5) is 11.2. The number of carbonyl (C=O) groups is 1. The topological polar surface area (TPSA) is 77.2 Å². The van der Waals surface area contributed by atoms with E-state index in [-0.39, 0.29) is 11.6 Å². The maximum Gasteiger partial charge on any atom is 0.364 e. The fourth-order valence-corrected chi connectivity index (χ4v) is 1.51. The molecule has 1 heterocycles. The van der Waals surface area contributed by atoms with Gasteiger partial charge in [-0.25, -0.2) is 9.48 Å². The van der Waals surface area contributed by atoms with Crippen LogP contribution in [0.2, 0.25) is 0 Å². The zero-order valence-electron chi connectivity index (χ0n) is 10.1. The van der Waals surface area contributed by atoms with Crippen molar-refractivity contribution in [2.45, 2.75) is 13.5 Å². The molecule has 2 rings (SSSR count). The molecular weight excluding hydrogens is 234 g/mol. The smallest absolute Gasteiger partial charge is 0.364 e. The number of benzene rings is 1. The Kier molecular flexibility index (Phi) is 3.27. The molecule has 94 valence electrons. The quantitative estimate of drug-likeness (QED) is 0.822. The molecule has 0 fully saturated rings. The number of hydrogen-bond donors (Lipinski definition) is 1. The highest BCUT2D eigenvalue weighted by molar-refractivity contribution is 5.89. The number of esters is 1. The number of carbonyl (C=O) groups excluding carboxylic acids is 1. The van der Waals surface area contributed by atoms with Gasteiger partial charge in [-0.3, -0.25) is 0 Å². The Hall–Kier alpha value is -2.37. The summed E-state index contributed by atoms with van der Waals surface area (Å²) in [5.74, 6) is -0.995. The fraction of sp³-hybridized carbons (Fsp3) is 0.250. The van der Waals surface area contributed by atoms with E-state index in [0.29, 0.717) is 6.54 Å². The molecule has 0 saturated carbocycles. The molecule has 0 amide bonds. The number of ether oxygens (including phenoxy) is 1. The lowest BCUT2D eigenvalue weighted by Gasteiger charge is -2.03. The first kappa shape index (κ1) is 12.1. The minimum atomic E-state index is -0.706. The van der Waals surface area contributed by atoms with Gasteiger partial charge < -0.3 is 9.84 Å². The number of aromatic nitrogens is 3. The normalized spacial score (nSPS) is 10.3. The largest absolute Gasteiger partial charge is 0.492 e.